The Labute approximate surface area is 133 Å². The standard InChI is InChI=1S/C16H15N5O2/c17-9-14-16(20-6-5-19-14)23-13-3-7-21(11-13)15(22)8-12-2-1-4-18-10-12/h1-2,4-6,10,13H,3,7-8,11H2. The lowest BCUT2D eigenvalue weighted by molar-refractivity contribution is -0.129. The Bertz CT molecular complexity index is 729. The number of amides is 1. The number of ether oxygens (including phenoxy) is 1. The first kappa shape index (κ1) is 14.9. The average molecular weight is 309 g/mol. The van der Waals surface area contributed by atoms with E-state index in [9.17, 15) is 4.79 Å². The molecule has 1 aliphatic heterocycles. The summed E-state index contributed by atoms with van der Waals surface area (Å²) in [5, 5.41) is 8.99. The van der Waals surface area contributed by atoms with E-state index in [2.05, 4.69) is 15.0 Å². The molecule has 3 rings (SSSR count). The molecule has 0 aromatic carbocycles. The van der Waals surface area contributed by atoms with Crippen LogP contribution in [0.15, 0.2) is 36.9 Å². The molecule has 2 aromatic rings. The number of carbonyl (C=O) groups is 1. The van der Waals surface area contributed by atoms with Gasteiger partial charge in [-0.05, 0) is 11.6 Å². The second-order valence-corrected chi connectivity index (χ2v) is 5.23. The lowest BCUT2D eigenvalue weighted by atomic mass is 10.2. The van der Waals surface area contributed by atoms with Gasteiger partial charge in [-0.2, -0.15) is 5.26 Å². The molecule has 0 aliphatic carbocycles. The zero-order chi connectivity index (χ0) is 16.1. The van der Waals surface area contributed by atoms with Crippen LogP contribution in [-0.4, -0.2) is 45.0 Å². The molecule has 0 spiro atoms. The van der Waals surface area contributed by atoms with Crippen molar-refractivity contribution in [3.63, 3.8) is 0 Å². The number of pyridine rings is 1. The molecule has 3 heterocycles. The minimum absolute atomic E-state index is 0.0451. The first-order valence-electron chi connectivity index (χ1n) is 7.30. The Kier molecular flexibility index (Phi) is 4.43. The van der Waals surface area contributed by atoms with Gasteiger partial charge in [-0.3, -0.25) is 9.78 Å². The maximum Gasteiger partial charge on any atom is 0.251 e. The van der Waals surface area contributed by atoms with Gasteiger partial charge in [-0.15, -0.1) is 0 Å². The predicted octanol–water partition coefficient (Wildman–Crippen LogP) is 0.966. The quantitative estimate of drug-likeness (QED) is 0.835. The van der Waals surface area contributed by atoms with Gasteiger partial charge in [0.05, 0.1) is 13.0 Å². The highest BCUT2D eigenvalue weighted by atomic mass is 16.5. The van der Waals surface area contributed by atoms with Crippen LogP contribution in [0.25, 0.3) is 0 Å². The van der Waals surface area contributed by atoms with E-state index < -0.39 is 0 Å². The van der Waals surface area contributed by atoms with Crippen LogP contribution in [0.1, 0.15) is 17.7 Å². The van der Waals surface area contributed by atoms with Gasteiger partial charge in [-0.25, -0.2) is 9.97 Å². The molecule has 2 aromatic heterocycles. The van der Waals surface area contributed by atoms with Crippen LogP contribution >= 0.6 is 0 Å². The second kappa shape index (κ2) is 6.83. The van der Waals surface area contributed by atoms with E-state index in [1.807, 2.05) is 18.2 Å². The fraction of sp³-hybridized carbons (Fsp3) is 0.312. The molecule has 1 atom stereocenters. The molecule has 7 nitrogen and oxygen atoms in total. The Morgan fingerprint density at radius 1 is 1.39 bits per heavy atom. The van der Waals surface area contributed by atoms with E-state index in [0.717, 1.165) is 5.56 Å². The lowest BCUT2D eigenvalue weighted by Crippen LogP contribution is -2.32. The zero-order valence-electron chi connectivity index (χ0n) is 12.4. The summed E-state index contributed by atoms with van der Waals surface area (Å²) in [7, 11) is 0. The van der Waals surface area contributed by atoms with Crippen molar-refractivity contribution in [1.29, 1.82) is 5.26 Å². The summed E-state index contributed by atoms with van der Waals surface area (Å²) in [4.78, 5) is 26.0. The molecular formula is C16H15N5O2. The van der Waals surface area contributed by atoms with Gasteiger partial charge < -0.3 is 9.64 Å². The molecule has 0 bridgehead atoms. The van der Waals surface area contributed by atoms with Gasteiger partial charge in [0.15, 0.2) is 0 Å². The summed E-state index contributed by atoms with van der Waals surface area (Å²) in [6, 6.07) is 5.65. The van der Waals surface area contributed by atoms with Crippen LogP contribution in [0.4, 0.5) is 0 Å². The molecule has 1 fully saturated rings. The van der Waals surface area contributed by atoms with Crippen LogP contribution in [-0.2, 0) is 11.2 Å². The molecule has 1 amide bonds. The van der Waals surface area contributed by atoms with Gasteiger partial charge in [-0.1, -0.05) is 6.07 Å². The van der Waals surface area contributed by atoms with Crippen molar-refractivity contribution in [2.45, 2.75) is 18.9 Å². The van der Waals surface area contributed by atoms with Crippen molar-refractivity contribution in [2.24, 2.45) is 0 Å². The largest absolute Gasteiger partial charge is 0.470 e. The molecule has 23 heavy (non-hydrogen) atoms. The molecule has 7 heteroatoms. The molecule has 116 valence electrons. The van der Waals surface area contributed by atoms with Crippen LogP contribution in [0.5, 0.6) is 5.88 Å². The lowest BCUT2D eigenvalue weighted by Gasteiger charge is -2.17. The molecular weight excluding hydrogens is 294 g/mol. The summed E-state index contributed by atoms with van der Waals surface area (Å²) in [5.41, 5.74) is 1.05. The van der Waals surface area contributed by atoms with Crippen molar-refractivity contribution >= 4 is 5.91 Å². The van der Waals surface area contributed by atoms with E-state index in [1.54, 1.807) is 17.3 Å². The highest BCUT2D eigenvalue weighted by Crippen LogP contribution is 2.19. The van der Waals surface area contributed by atoms with Crippen molar-refractivity contribution in [1.82, 2.24) is 19.9 Å². The third-order valence-corrected chi connectivity index (χ3v) is 3.62. The molecule has 1 unspecified atom stereocenters. The molecule has 0 N–H and O–H groups in total. The average Bonchev–Trinajstić information content (AvgIpc) is 3.05. The number of rotatable bonds is 4. The Balaban J connectivity index is 1.58. The van der Waals surface area contributed by atoms with Gasteiger partial charge in [0, 0.05) is 37.8 Å². The molecule has 1 saturated heterocycles. The molecule has 1 aliphatic rings. The maximum absolute atomic E-state index is 12.3. The molecule has 0 saturated carbocycles. The predicted molar refractivity (Wildman–Crippen MR) is 80.3 cm³/mol. The number of aromatic nitrogens is 3. The van der Waals surface area contributed by atoms with Crippen molar-refractivity contribution in [3.8, 4) is 11.9 Å². The van der Waals surface area contributed by atoms with Crippen LogP contribution in [0.3, 0.4) is 0 Å². The zero-order valence-corrected chi connectivity index (χ0v) is 12.4. The van der Waals surface area contributed by atoms with Crippen molar-refractivity contribution < 1.29 is 9.53 Å². The number of hydrogen-bond acceptors (Lipinski definition) is 6. The summed E-state index contributed by atoms with van der Waals surface area (Å²) in [5.74, 6) is 0.269. The Morgan fingerprint density at radius 3 is 3.04 bits per heavy atom. The van der Waals surface area contributed by atoms with E-state index >= 15 is 0 Å². The topological polar surface area (TPSA) is 92.0 Å². The first-order chi connectivity index (χ1) is 11.3. The maximum atomic E-state index is 12.3. The Morgan fingerprint density at radius 2 is 2.26 bits per heavy atom. The number of hydrogen-bond donors (Lipinski definition) is 0. The number of nitriles is 1. The monoisotopic (exact) mass is 309 g/mol. The summed E-state index contributed by atoms with van der Waals surface area (Å²) < 4.78 is 5.73. The normalized spacial score (nSPS) is 16.8. The smallest absolute Gasteiger partial charge is 0.251 e. The van der Waals surface area contributed by atoms with E-state index in [4.69, 9.17) is 10.00 Å². The summed E-state index contributed by atoms with van der Waals surface area (Å²) >= 11 is 0. The molecule has 0 radical (unpaired) electrons. The highest BCUT2D eigenvalue weighted by molar-refractivity contribution is 5.79. The fourth-order valence-electron chi connectivity index (χ4n) is 2.49. The number of carbonyl (C=O) groups excluding carboxylic acids is 1. The number of nitrogens with zero attached hydrogens (tertiary/aromatic N) is 5. The van der Waals surface area contributed by atoms with Gasteiger partial charge in [0.1, 0.15) is 12.2 Å². The van der Waals surface area contributed by atoms with E-state index in [0.29, 0.717) is 25.9 Å². The van der Waals surface area contributed by atoms with E-state index in [-0.39, 0.29) is 23.6 Å². The first-order valence-corrected chi connectivity index (χ1v) is 7.30. The van der Waals surface area contributed by atoms with Gasteiger partial charge >= 0.3 is 0 Å². The van der Waals surface area contributed by atoms with Crippen LogP contribution in [0.2, 0.25) is 0 Å². The summed E-state index contributed by atoms with van der Waals surface area (Å²) in [6.45, 7) is 1.12. The SMILES string of the molecule is N#Cc1nccnc1OC1CCN(C(=O)Cc2cccnc2)C1. The van der Waals surface area contributed by atoms with E-state index in [1.165, 1.54) is 12.4 Å². The minimum atomic E-state index is -0.170. The minimum Gasteiger partial charge on any atom is -0.470 e. The Hall–Kier alpha value is -3.01. The van der Waals surface area contributed by atoms with Crippen LogP contribution in [0, 0.1) is 11.3 Å². The fourth-order valence-corrected chi connectivity index (χ4v) is 2.49. The number of likely N-dealkylation sites (tertiary alicyclic amines) is 1. The highest BCUT2D eigenvalue weighted by Gasteiger charge is 2.28. The van der Waals surface area contributed by atoms with Crippen LogP contribution < -0.4 is 4.74 Å². The van der Waals surface area contributed by atoms with Crippen molar-refractivity contribution in [3.05, 3.63) is 48.2 Å². The summed E-state index contributed by atoms with van der Waals surface area (Å²) in [6.07, 6.45) is 7.18. The van der Waals surface area contributed by atoms with Gasteiger partial charge in [0.2, 0.25) is 11.6 Å². The van der Waals surface area contributed by atoms with Gasteiger partial charge in [0.25, 0.3) is 5.88 Å². The third-order valence-electron chi connectivity index (χ3n) is 3.62. The third kappa shape index (κ3) is 3.61. The van der Waals surface area contributed by atoms with Crippen molar-refractivity contribution in [2.75, 3.05) is 13.1 Å². The second-order valence-electron chi connectivity index (χ2n) is 5.23.